The Morgan fingerprint density at radius 2 is 2.04 bits per heavy atom. The number of amides is 1. The number of rotatable bonds is 6. The maximum absolute atomic E-state index is 11.6. The third-order valence-electron chi connectivity index (χ3n) is 3.70. The summed E-state index contributed by atoms with van der Waals surface area (Å²) in [5.74, 6) is 0.756. The predicted molar refractivity (Wildman–Crippen MR) is 87.4 cm³/mol. The van der Waals surface area contributed by atoms with Gasteiger partial charge in [0, 0.05) is 24.3 Å². The third kappa shape index (κ3) is 3.61. The number of nitrogens with one attached hydrogen (secondary N) is 2. The van der Waals surface area contributed by atoms with Gasteiger partial charge in [0.05, 0.1) is 18.2 Å². The van der Waals surface area contributed by atoms with Gasteiger partial charge in [-0.25, -0.2) is 0 Å². The average Bonchev–Trinajstić information content (AvgIpc) is 2.96. The number of benzene rings is 2. The molecule has 0 spiro atoms. The molecule has 0 atom stereocenters. The zero-order chi connectivity index (χ0) is 16.1. The van der Waals surface area contributed by atoms with E-state index in [-0.39, 0.29) is 5.91 Å². The van der Waals surface area contributed by atoms with Crippen LogP contribution in [0.25, 0.3) is 0 Å². The lowest BCUT2D eigenvalue weighted by Gasteiger charge is -2.09. The number of hydrogen-bond acceptors (Lipinski definition) is 4. The van der Waals surface area contributed by atoms with Gasteiger partial charge >= 0.3 is 0 Å². The summed E-state index contributed by atoms with van der Waals surface area (Å²) < 4.78 is 5.62. The molecule has 0 fully saturated rings. The molecule has 1 aliphatic heterocycles. The molecule has 5 heteroatoms. The maximum atomic E-state index is 11.6. The van der Waals surface area contributed by atoms with Crippen LogP contribution >= 0.6 is 0 Å². The summed E-state index contributed by atoms with van der Waals surface area (Å²) in [6.45, 7) is 1.97. The summed E-state index contributed by atoms with van der Waals surface area (Å²) in [6.07, 6.45) is 0.837. The second-order valence-electron chi connectivity index (χ2n) is 5.32. The van der Waals surface area contributed by atoms with E-state index < -0.39 is 0 Å². The summed E-state index contributed by atoms with van der Waals surface area (Å²) in [5.41, 5.74) is 3.37. The SMILES string of the molecule is N#Cc1ccc(OCCCNc2ccc3c(c2)C(=O)NC3)cc1. The summed E-state index contributed by atoms with van der Waals surface area (Å²) in [7, 11) is 0. The summed E-state index contributed by atoms with van der Waals surface area (Å²) >= 11 is 0. The van der Waals surface area contributed by atoms with E-state index in [0.717, 1.165) is 35.5 Å². The molecule has 5 nitrogen and oxygen atoms in total. The number of nitrogens with zero attached hydrogens (tertiary/aromatic N) is 1. The second kappa shape index (κ2) is 6.84. The molecule has 2 N–H and O–H groups in total. The third-order valence-corrected chi connectivity index (χ3v) is 3.70. The van der Waals surface area contributed by atoms with Gasteiger partial charge in [0.2, 0.25) is 0 Å². The molecular weight excluding hydrogens is 290 g/mol. The van der Waals surface area contributed by atoms with Crippen LogP contribution in [-0.4, -0.2) is 19.1 Å². The van der Waals surface area contributed by atoms with Crippen molar-refractivity contribution in [2.24, 2.45) is 0 Å². The van der Waals surface area contributed by atoms with Gasteiger partial charge in [0.25, 0.3) is 5.91 Å². The monoisotopic (exact) mass is 307 g/mol. The predicted octanol–water partition coefficient (Wildman–Crippen LogP) is 2.68. The summed E-state index contributed by atoms with van der Waals surface area (Å²) in [4.78, 5) is 11.6. The van der Waals surface area contributed by atoms with Crippen molar-refractivity contribution in [2.75, 3.05) is 18.5 Å². The Hall–Kier alpha value is -3.00. The van der Waals surface area contributed by atoms with Gasteiger partial charge in [0.15, 0.2) is 0 Å². The zero-order valence-electron chi connectivity index (χ0n) is 12.6. The lowest BCUT2D eigenvalue weighted by molar-refractivity contribution is 0.0966. The molecule has 2 aromatic rings. The molecule has 116 valence electrons. The largest absolute Gasteiger partial charge is 0.494 e. The number of anilines is 1. The topological polar surface area (TPSA) is 74.1 Å². The van der Waals surface area contributed by atoms with Crippen LogP contribution in [0.5, 0.6) is 5.75 Å². The highest BCUT2D eigenvalue weighted by molar-refractivity contribution is 5.99. The molecule has 0 aromatic heterocycles. The van der Waals surface area contributed by atoms with Gasteiger partial charge in [-0.2, -0.15) is 5.26 Å². The fraction of sp³-hybridized carbons (Fsp3) is 0.222. The molecule has 0 radical (unpaired) electrons. The second-order valence-corrected chi connectivity index (χ2v) is 5.32. The fourth-order valence-corrected chi connectivity index (χ4v) is 2.44. The van der Waals surface area contributed by atoms with Crippen molar-refractivity contribution in [3.63, 3.8) is 0 Å². The first-order valence-corrected chi connectivity index (χ1v) is 7.54. The molecule has 1 aliphatic rings. The van der Waals surface area contributed by atoms with E-state index in [0.29, 0.717) is 18.7 Å². The van der Waals surface area contributed by atoms with Crippen molar-refractivity contribution in [1.29, 1.82) is 5.26 Å². The molecule has 2 aromatic carbocycles. The van der Waals surface area contributed by atoms with Crippen molar-refractivity contribution in [3.8, 4) is 11.8 Å². The minimum absolute atomic E-state index is 0.00667. The van der Waals surface area contributed by atoms with Crippen LogP contribution in [0, 0.1) is 11.3 Å². The molecule has 3 rings (SSSR count). The minimum Gasteiger partial charge on any atom is -0.494 e. The van der Waals surface area contributed by atoms with Crippen LogP contribution in [0.1, 0.15) is 27.9 Å². The van der Waals surface area contributed by atoms with Gasteiger partial charge in [-0.15, -0.1) is 0 Å². The van der Waals surface area contributed by atoms with E-state index in [2.05, 4.69) is 16.7 Å². The van der Waals surface area contributed by atoms with Gasteiger partial charge < -0.3 is 15.4 Å². The minimum atomic E-state index is -0.00667. The highest BCUT2D eigenvalue weighted by atomic mass is 16.5. The Labute approximate surface area is 134 Å². The van der Waals surface area contributed by atoms with Crippen LogP contribution < -0.4 is 15.4 Å². The first kappa shape index (κ1) is 14.9. The smallest absolute Gasteiger partial charge is 0.251 e. The molecular formula is C18H17N3O2. The standard InChI is InChI=1S/C18H17N3O2/c19-11-13-2-6-16(7-3-13)23-9-1-8-20-15-5-4-14-12-21-18(22)17(14)10-15/h2-7,10,20H,1,8-9,12H2,(H,21,22). The van der Waals surface area contributed by atoms with Crippen LogP contribution in [0.3, 0.4) is 0 Å². The summed E-state index contributed by atoms with van der Waals surface area (Å²) in [6, 6.07) is 15.0. The number of fused-ring (bicyclic) bond motifs is 1. The molecule has 0 unspecified atom stereocenters. The van der Waals surface area contributed by atoms with E-state index >= 15 is 0 Å². The van der Waals surface area contributed by atoms with Gasteiger partial charge in [-0.3, -0.25) is 4.79 Å². The number of nitriles is 1. The molecule has 0 aliphatic carbocycles. The molecule has 1 heterocycles. The van der Waals surface area contributed by atoms with Crippen LogP contribution in [0.4, 0.5) is 5.69 Å². The Morgan fingerprint density at radius 3 is 2.83 bits per heavy atom. The quantitative estimate of drug-likeness (QED) is 0.805. The molecule has 0 bridgehead atoms. The van der Waals surface area contributed by atoms with E-state index in [1.165, 1.54) is 0 Å². The van der Waals surface area contributed by atoms with E-state index in [1.54, 1.807) is 24.3 Å². The number of ether oxygens (including phenoxy) is 1. The zero-order valence-corrected chi connectivity index (χ0v) is 12.6. The normalized spacial score (nSPS) is 12.2. The lowest BCUT2D eigenvalue weighted by Crippen LogP contribution is -2.12. The van der Waals surface area contributed by atoms with E-state index in [1.807, 2.05) is 18.2 Å². The van der Waals surface area contributed by atoms with Crippen LogP contribution in [0.15, 0.2) is 42.5 Å². The molecule has 23 heavy (non-hydrogen) atoms. The number of carbonyl (C=O) groups excluding carboxylic acids is 1. The van der Waals surface area contributed by atoms with Gasteiger partial charge in [0.1, 0.15) is 5.75 Å². The molecule has 0 saturated heterocycles. The fourth-order valence-electron chi connectivity index (χ4n) is 2.44. The molecule has 0 saturated carbocycles. The maximum Gasteiger partial charge on any atom is 0.251 e. The van der Waals surface area contributed by atoms with Gasteiger partial charge in [-0.05, 0) is 48.4 Å². The van der Waals surface area contributed by atoms with Crippen LogP contribution in [-0.2, 0) is 6.54 Å². The number of hydrogen-bond donors (Lipinski definition) is 2. The van der Waals surface area contributed by atoms with E-state index in [4.69, 9.17) is 10.00 Å². The Balaban J connectivity index is 1.42. The van der Waals surface area contributed by atoms with Crippen molar-refractivity contribution < 1.29 is 9.53 Å². The van der Waals surface area contributed by atoms with Crippen molar-refractivity contribution in [1.82, 2.24) is 5.32 Å². The Bertz CT molecular complexity index is 748. The van der Waals surface area contributed by atoms with Crippen LogP contribution in [0.2, 0.25) is 0 Å². The van der Waals surface area contributed by atoms with Crippen molar-refractivity contribution in [2.45, 2.75) is 13.0 Å². The Morgan fingerprint density at radius 1 is 1.22 bits per heavy atom. The average molecular weight is 307 g/mol. The molecule has 1 amide bonds. The van der Waals surface area contributed by atoms with Crippen molar-refractivity contribution in [3.05, 3.63) is 59.2 Å². The first-order valence-electron chi connectivity index (χ1n) is 7.54. The highest BCUT2D eigenvalue weighted by Gasteiger charge is 2.18. The highest BCUT2D eigenvalue weighted by Crippen LogP contribution is 2.20. The first-order chi connectivity index (χ1) is 11.3. The number of carbonyl (C=O) groups is 1. The van der Waals surface area contributed by atoms with Gasteiger partial charge in [-0.1, -0.05) is 6.07 Å². The van der Waals surface area contributed by atoms with E-state index in [9.17, 15) is 4.79 Å². The van der Waals surface area contributed by atoms with Crippen molar-refractivity contribution >= 4 is 11.6 Å². The Kier molecular flexibility index (Phi) is 4.44. The summed E-state index contributed by atoms with van der Waals surface area (Å²) in [5, 5.41) is 14.8. The lowest BCUT2D eigenvalue weighted by atomic mass is 10.1.